The molecule has 0 saturated heterocycles. The second-order valence-corrected chi connectivity index (χ2v) is 12.0. The molecule has 5 aromatic rings. The summed E-state index contributed by atoms with van der Waals surface area (Å²) in [6.07, 6.45) is 11.0. The van der Waals surface area contributed by atoms with Gasteiger partial charge in [0, 0.05) is 33.8 Å². The van der Waals surface area contributed by atoms with Crippen LogP contribution in [0.5, 0.6) is 0 Å². The van der Waals surface area contributed by atoms with Crippen molar-refractivity contribution in [2.75, 3.05) is 9.80 Å². The van der Waals surface area contributed by atoms with Crippen LogP contribution in [-0.2, 0) is 5.31 Å². The van der Waals surface area contributed by atoms with E-state index >= 15 is 0 Å². The number of anilines is 5. The largest absolute Gasteiger partial charge is 0.335 e. The number of hydrogen-bond acceptors (Lipinski definition) is 2. The molecule has 206 valence electrons. The van der Waals surface area contributed by atoms with Gasteiger partial charge in [0.25, 0.3) is 0 Å². The Labute approximate surface area is 255 Å². The standard InChI is InChI=1S/C40H33BN2/c1-4-5-20-32-28(2)24-26-36-38(32)41-39-34(42(36)30-16-8-6-9-17-30)22-14-23-35(39)43(31-18-10-7-11-19-31)37-27-25-29-15-12-13-21-33(29)40(37,41)3/h4-27,37H,1H2,2-3H3/b20-5-. The van der Waals surface area contributed by atoms with Gasteiger partial charge in [-0.2, -0.15) is 0 Å². The average Bonchev–Trinajstić information content (AvgIpc) is 3.05. The van der Waals surface area contributed by atoms with Gasteiger partial charge in [0.15, 0.2) is 0 Å². The zero-order valence-electron chi connectivity index (χ0n) is 24.6. The highest BCUT2D eigenvalue weighted by Crippen LogP contribution is 2.52. The van der Waals surface area contributed by atoms with E-state index in [2.05, 4.69) is 170 Å². The zero-order chi connectivity index (χ0) is 29.1. The van der Waals surface area contributed by atoms with Gasteiger partial charge in [-0.1, -0.05) is 117 Å². The first kappa shape index (κ1) is 25.7. The summed E-state index contributed by atoms with van der Waals surface area (Å²) in [5, 5.41) is -0.258. The SMILES string of the molecule is C=C/C=C\c1c(C)ccc2c1B1c3c(cccc3N(c3ccccc3)C3C=Cc4ccccc4C13C)N2c1ccccc1. The number of aryl methyl sites for hydroxylation is 1. The van der Waals surface area contributed by atoms with Gasteiger partial charge in [-0.3, -0.25) is 0 Å². The maximum atomic E-state index is 4.02. The number of allylic oxidation sites excluding steroid dienone is 2. The third-order valence-corrected chi connectivity index (χ3v) is 9.80. The van der Waals surface area contributed by atoms with Gasteiger partial charge in [-0.25, -0.2) is 0 Å². The van der Waals surface area contributed by atoms with Crippen molar-refractivity contribution in [2.45, 2.75) is 25.2 Å². The number of nitrogens with zero attached hydrogens (tertiary/aromatic N) is 2. The third-order valence-electron chi connectivity index (χ3n) is 9.80. The Balaban J connectivity index is 1.55. The summed E-state index contributed by atoms with van der Waals surface area (Å²) in [5.74, 6) is 0. The van der Waals surface area contributed by atoms with Crippen LogP contribution in [0.1, 0.15) is 29.2 Å². The minimum absolute atomic E-state index is 0.116. The molecular formula is C40H33BN2. The van der Waals surface area contributed by atoms with Crippen LogP contribution in [-0.4, -0.2) is 12.8 Å². The number of para-hydroxylation sites is 2. The zero-order valence-corrected chi connectivity index (χ0v) is 24.6. The Hall–Kier alpha value is -5.02. The summed E-state index contributed by atoms with van der Waals surface area (Å²) in [4.78, 5) is 5.07. The van der Waals surface area contributed by atoms with E-state index in [-0.39, 0.29) is 18.1 Å². The van der Waals surface area contributed by atoms with E-state index in [1.54, 1.807) is 0 Å². The Morgan fingerprint density at radius 3 is 2.16 bits per heavy atom. The molecule has 0 fully saturated rings. The molecule has 0 bridgehead atoms. The van der Waals surface area contributed by atoms with Gasteiger partial charge in [0.05, 0.1) is 6.04 Å². The maximum absolute atomic E-state index is 4.02. The summed E-state index contributed by atoms with van der Waals surface area (Å²) >= 11 is 0. The van der Waals surface area contributed by atoms with Crippen LogP contribution in [0.4, 0.5) is 28.4 Å². The van der Waals surface area contributed by atoms with Crippen molar-refractivity contribution in [3.8, 4) is 0 Å². The van der Waals surface area contributed by atoms with Crippen molar-refractivity contribution < 1.29 is 0 Å². The van der Waals surface area contributed by atoms with Gasteiger partial charge < -0.3 is 9.80 Å². The van der Waals surface area contributed by atoms with E-state index in [1.165, 1.54) is 61.6 Å². The maximum Gasteiger partial charge on any atom is 0.231 e. The van der Waals surface area contributed by atoms with Gasteiger partial charge in [0.1, 0.15) is 0 Å². The molecule has 2 atom stereocenters. The Morgan fingerprint density at radius 1 is 0.721 bits per heavy atom. The Kier molecular flexibility index (Phi) is 5.84. The lowest BCUT2D eigenvalue weighted by molar-refractivity contribution is 0.555. The van der Waals surface area contributed by atoms with Crippen molar-refractivity contribution >= 4 is 58.2 Å². The Morgan fingerprint density at radius 2 is 1.40 bits per heavy atom. The highest BCUT2D eigenvalue weighted by molar-refractivity contribution is 6.92. The molecule has 2 aliphatic heterocycles. The lowest BCUT2D eigenvalue weighted by Crippen LogP contribution is -2.72. The highest BCUT2D eigenvalue weighted by Gasteiger charge is 2.58. The van der Waals surface area contributed by atoms with Crippen LogP contribution in [0.25, 0.3) is 12.2 Å². The highest BCUT2D eigenvalue weighted by atomic mass is 15.2. The first-order chi connectivity index (χ1) is 21.1. The van der Waals surface area contributed by atoms with Crippen LogP contribution >= 0.6 is 0 Å². The van der Waals surface area contributed by atoms with E-state index in [4.69, 9.17) is 0 Å². The smallest absolute Gasteiger partial charge is 0.231 e. The number of fused-ring (bicyclic) bond motifs is 6. The van der Waals surface area contributed by atoms with Crippen LogP contribution in [0.2, 0.25) is 0 Å². The van der Waals surface area contributed by atoms with Crippen molar-refractivity contribution in [3.05, 3.63) is 162 Å². The molecule has 0 amide bonds. The van der Waals surface area contributed by atoms with E-state index < -0.39 is 0 Å². The summed E-state index contributed by atoms with van der Waals surface area (Å²) in [6.45, 7) is 8.89. The Bertz CT molecular complexity index is 1940. The molecule has 0 radical (unpaired) electrons. The minimum Gasteiger partial charge on any atom is -0.335 e. The van der Waals surface area contributed by atoms with Crippen molar-refractivity contribution in [1.82, 2.24) is 0 Å². The predicted octanol–water partition coefficient (Wildman–Crippen LogP) is 8.63. The van der Waals surface area contributed by atoms with Crippen molar-refractivity contribution in [3.63, 3.8) is 0 Å². The number of rotatable bonds is 4. The van der Waals surface area contributed by atoms with Gasteiger partial charge in [-0.15, -0.1) is 0 Å². The summed E-state index contributed by atoms with van der Waals surface area (Å²) < 4.78 is 0. The topological polar surface area (TPSA) is 6.48 Å². The molecule has 1 aliphatic carbocycles. The molecule has 2 nitrogen and oxygen atoms in total. The molecule has 0 spiro atoms. The van der Waals surface area contributed by atoms with E-state index in [9.17, 15) is 0 Å². The fourth-order valence-corrected chi connectivity index (χ4v) is 7.99. The number of hydrogen-bond donors (Lipinski definition) is 0. The molecule has 3 aliphatic rings. The van der Waals surface area contributed by atoms with E-state index in [1.807, 2.05) is 6.08 Å². The van der Waals surface area contributed by atoms with Crippen LogP contribution < -0.4 is 20.7 Å². The quantitative estimate of drug-likeness (QED) is 0.163. The van der Waals surface area contributed by atoms with E-state index in [0.29, 0.717) is 0 Å². The van der Waals surface area contributed by atoms with E-state index in [0.717, 1.165) is 0 Å². The van der Waals surface area contributed by atoms with Gasteiger partial charge in [-0.05, 0) is 82.6 Å². The first-order valence-electron chi connectivity index (χ1n) is 15.2. The molecule has 0 aromatic heterocycles. The molecule has 0 N–H and O–H groups in total. The average molecular weight is 553 g/mol. The number of benzene rings is 5. The summed E-state index contributed by atoms with van der Waals surface area (Å²) in [5.41, 5.74) is 14.2. The fraction of sp³-hybridized carbons (Fsp3) is 0.100. The normalized spacial score (nSPS) is 19.5. The lowest BCUT2D eigenvalue weighted by atomic mass is 9.21. The van der Waals surface area contributed by atoms with Crippen LogP contribution in [0.3, 0.4) is 0 Å². The fourth-order valence-electron chi connectivity index (χ4n) is 7.99. The summed E-state index contributed by atoms with van der Waals surface area (Å²) in [6, 6.07) is 42.4. The molecule has 5 aromatic carbocycles. The summed E-state index contributed by atoms with van der Waals surface area (Å²) in [7, 11) is 0. The van der Waals surface area contributed by atoms with Crippen molar-refractivity contribution in [2.24, 2.45) is 0 Å². The first-order valence-corrected chi connectivity index (χ1v) is 15.2. The van der Waals surface area contributed by atoms with Gasteiger partial charge in [0.2, 0.25) is 6.71 Å². The third kappa shape index (κ3) is 3.61. The monoisotopic (exact) mass is 552 g/mol. The van der Waals surface area contributed by atoms with Gasteiger partial charge >= 0.3 is 0 Å². The lowest BCUT2D eigenvalue weighted by Gasteiger charge is -2.57. The molecule has 3 heteroatoms. The second kappa shape index (κ2) is 9.78. The molecule has 8 rings (SSSR count). The molecule has 0 saturated carbocycles. The molecule has 2 heterocycles. The van der Waals surface area contributed by atoms with Crippen LogP contribution in [0, 0.1) is 6.92 Å². The molecule has 2 unspecified atom stereocenters. The van der Waals surface area contributed by atoms with Crippen LogP contribution in [0.15, 0.2) is 140 Å². The second-order valence-electron chi connectivity index (χ2n) is 12.0. The molecule has 43 heavy (non-hydrogen) atoms. The molecular weight excluding hydrogens is 519 g/mol. The predicted molar refractivity (Wildman–Crippen MR) is 185 cm³/mol. The minimum atomic E-state index is -0.258. The van der Waals surface area contributed by atoms with Crippen molar-refractivity contribution in [1.29, 1.82) is 0 Å².